The fraction of sp³-hybridized carbons (Fsp3) is 0.143. The quantitative estimate of drug-likeness (QED) is 0.676. The number of rotatable bonds is 3. The third-order valence-electron chi connectivity index (χ3n) is 4.50. The molecule has 0 atom stereocenters. The number of hydrogen-bond acceptors (Lipinski definition) is 4. The molecule has 0 fully saturated rings. The third-order valence-corrected chi connectivity index (χ3v) is 4.50. The number of carbonyl (C=O) groups is 1. The van der Waals surface area contributed by atoms with Crippen LogP contribution in [0.2, 0.25) is 0 Å². The van der Waals surface area contributed by atoms with E-state index >= 15 is 0 Å². The fourth-order valence-electron chi connectivity index (χ4n) is 3.09. The van der Waals surface area contributed by atoms with Crippen LogP contribution in [0.25, 0.3) is 10.9 Å². The van der Waals surface area contributed by atoms with Gasteiger partial charge in [-0.15, -0.1) is 0 Å². The monoisotopic (exact) mass is 357 g/mol. The molecule has 134 valence electrons. The number of amides is 1. The number of aryl methyl sites for hydroxylation is 1. The Bertz CT molecular complexity index is 1140. The Labute approximate surface area is 156 Å². The fourth-order valence-corrected chi connectivity index (χ4v) is 3.09. The van der Waals surface area contributed by atoms with E-state index in [9.17, 15) is 4.79 Å². The molecule has 6 nitrogen and oxygen atoms in total. The number of anilines is 1. The summed E-state index contributed by atoms with van der Waals surface area (Å²) in [6.07, 6.45) is 5.25. The third kappa shape index (κ3) is 3.06. The van der Waals surface area contributed by atoms with Gasteiger partial charge in [-0.3, -0.25) is 9.79 Å². The molecule has 0 N–H and O–H groups in total. The number of hydrazone groups is 1. The van der Waals surface area contributed by atoms with Crippen molar-refractivity contribution in [2.24, 2.45) is 10.1 Å². The average Bonchev–Trinajstić information content (AvgIpc) is 3.00. The van der Waals surface area contributed by atoms with Gasteiger partial charge in [-0.2, -0.15) is 10.1 Å². The molecule has 0 radical (unpaired) electrons. The summed E-state index contributed by atoms with van der Waals surface area (Å²) in [7, 11) is 0. The highest BCUT2D eigenvalue weighted by Gasteiger charge is 2.29. The highest BCUT2D eigenvalue weighted by atomic mass is 16.2. The molecule has 0 saturated heterocycles. The van der Waals surface area contributed by atoms with Crippen molar-refractivity contribution in [3.63, 3.8) is 0 Å². The molecule has 0 unspecified atom stereocenters. The molecule has 0 spiro atoms. The maximum Gasteiger partial charge on any atom is 0.283 e. The first kappa shape index (κ1) is 16.9. The molecule has 1 aliphatic heterocycles. The Morgan fingerprint density at radius 3 is 2.70 bits per heavy atom. The lowest BCUT2D eigenvalue weighted by Crippen LogP contribution is -2.22. The Morgan fingerprint density at radius 1 is 1.11 bits per heavy atom. The Morgan fingerprint density at radius 2 is 1.93 bits per heavy atom. The minimum absolute atomic E-state index is 0.223. The van der Waals surface area contributed by atoms with Crippen LogP contribution in [0.15, 0.2) is 82.8 Å². The second-order valence-electron chi connectivity index (χ2n) is 6.17. The number of nitrogens with zero attached hydrogens (tertiary/aromatic N) is 5. The molecule has 1 aromatic carbocycles. The van der Waals surface area contributed by atoms with Crippen LogP contribution in [0.1, 0.15) is 13.8 Å². The van der Waals surface area contributed by atoms with Gasteiger partial charge in [-0.1, -0.05) is 24.3 Å². The Kier molecular flexibility index (Phi) is 4.38. The molecule has 1 aliphatic rings. The Hall–Kier alpha value is -3.54. The molecule has 0 saturated carbocycles. The summed E-state index contributed by atoms with van der Waals surface area (Å²) in [5.74, 6) is 0.276. The van der Waals surface area contributed by atoms with Crippen molar-refractivity contribution in [1.82, 2.24) is 9.55 Å². The summed E-state index contributed by atoms with van der Waals surface area (Å²) >= 11 is 0. The zero-order valence-corrected chi connectivity index (χ0v) is 15.2. The molecule has 3 aromatic rings. The maximum atomic E-state index is 12.7. The number of para-hydroxylation sites is 1. The van der Waals surface area contributed by atoms with Crippen molar-refractivity contribution in [3.05, 3.63) is 78.1 Å². The highest BCUT2D eigenvalue weighted by Crippen LogP contribution is 2.21. The smallest absolute Gasteiger partial charge is 0.283 e. The van der Waals surface area contributed by atoms with Crippen LogP contribution in [-0.2, 0) is 11.3 Å². The van der Waals surface area contributed by atoms with Crippen molar-refractivity contribution in [2.75, 3.05) is 5.01 Å². The standard InChI is InChI=1S/C21H19N5O/c1-3-25-13-11-18(16-8-4-5-9-19(16)25)23-14-17-15(2)24-26(21(17)27)20-10-6-7-12-22-20/h4-14H,3H2,1-2H3. The lowest BCUT2D eigenvalue weighted by atomic mass is 10.2. The number of fused-ring (bicyclic) bond motifs is 1. The van der Waals surface area contributed by atoms with E-state index < -0.39 is 0 Å². The molecule has 4 rings (SSSR count). The predicted molar refractivity (Wildman–Crippen MR) is 106 cm³/mol. The van der Waals surface area contributed by atoms with E-state index in [0.717, 1.165) is 22.8 Å². The summed E-state index contributed by atoms with van der Waals surface area (Å²) < 4.78 is 2.16. The van der Waals surface area contributed by atoms with E-state index in [1.165, 1.54) is 5.01 Å². The van der Waals surface area contributed by atoms with Crippen molar-refractivity contribution in [2.45, 2.75) is 20.4 Å². The van der Waals surface area contributed by atoms with Crippen LogP contribution < -0.4 is 10.4 Å². The van der Waals surface area contributed by atoms with Crippen molar-refractivity contribution < 1.29 is 4.79 Å². The molecule has 1 amide bonds. The van der Waals surface area contributed by atoms with Crippen LogP contribution >= 0.6 is 0 Å². The summed E-state index contributed by atoms with van der Waals surface area (Å²) in [6, 6.07) is 15.5. The van der Waals surface area contributed by atoms with Crippen LogP contribution in [-0.4, -0.2) is 21.2 Å². The van der Waals surface area contributed by atoms with Gasteiger partial charge in [0.25, 0.3) is 5.91 Å². The molecule has 2 aromatic heterocycles. The van der Waals surface area contributed by atoms with Crippen molar-refractivity contribution >= 4 is 28.3 Å². The van der Waals surface area contributed by atoms with E-state index in [4.69, 9.17) is 0 Å². The normalized spacial score (nSPS) is 16.4. The SMILES string of the molecule is CCn1ccc(=NC=C2C(=O)N(c3ccccn3)N=C2C)c2ccccc21. The van der Waals surface area contributed by atoms with E-state index in [2.05, 4.69) is 32.6 Å². The van der Waals surface area contributed by atoms with E-state index in [1.54, 1.807) is 31.5 Å². The van der Waals surface area contributed by atoms with E-state index in [0.29, 0.717) is 17.1 Å². The van der Waals surface area contributed by atoms with Gasteiger partial charge in [0.15, 0.2) is 5.82 Å². The van der Waals surface area contributed by atoms with Gasteiger partial charge < -0.3 is 4.57 Å². The molecule has 27 heavy (non-hydrogen) atoms. The first-order chi connectivity index (χ1) is 13.2. The molecule has 3 heterocycles. The largest absolute Gasteiger partial charge is 0.348 e. The maximum absolute atomic E-state index is 12.7. The minimum atomic E-state index is -0.223. The van der Waals surface area contributed by atoms with Crippen LogP contribution in [0, 0.1) is 0 Å². The van der Waals surface area contributed by atoms with Gasteiger partial charge in [0.05, 0.1) is 22.2 Å². The van der Waals surface area contributed by atoms with E-state index in [-0.39, 0.29) is 5.91 Å². The van der Waals surface area contributed by atoms with Gasteiger partial charge in [0.1, 0.15) is 0 Å². The lowest BCUT2D eigenvalue weighted by Gasteiger charge is -2.09. The van der Waals surface area contributed by atoms with Crippen molar-refractivity contribution in [1.29, 1.82) is 0 Å². The molecular formula is C21H19N5O. The summed E-state index contributed by atoms with van der Waals surface area (Å²) in [4.78, 5) is 21.5. The second-order valence-corrected chi connectivity index (χ2v) is 6.17. The van der Waals surface area contributed by atoms with Gasteiger partial charge in [-0.05, 0) is 38.1 Å². The molecule has 0 aliphatic carbocycles. The van der Waals surface area contributed by atoms with Crippen LogP contribution in [0.5, 0.6) is 0 Å². The van der Waals surface area contributed by atoms with E-state index in [1.807, 2.05) is 36.5 Å². The molecular weight excluding hydrogens is 338 g/mol. The first-order valence-corrected chi connectivity index (χ1v) is 8.82. The highest BCUT2D eigenvalue weighted by molar-refractivity contribution is 6.29. The zero-order valence-electron chi connectivity index (χ0n) is 15.2. The average molecular weight is 357 g/mol. The zero-order chi connectivity index (χ0) is 18.8. The summed E-state index contributed by atoms with van der Waals surface area (Å²) in [5, 5.41) is 7.50. The van der Waals surface area contributed by atoms with Crippen LogP contribution in [0.3, 0.4) is 0 Å². The number of benzene rings is 1. The number of carbonyl (C=O) groups excluding carboxylic acids is 1. The summed E-state index contributed by atoms with van der Waals surface area (Å²) in [6.45, 7) is 4.79. The Balaban J connectivity index is 1.76. The van der Waals surface area contributed by atoms with Gasteiger partial charge in [0, 0.05) is 30.5 Å². The first-order valence-electron chi connectivity index (χ1n) is 8.82. The van der Waals surface area contributed by atoms with Gasteiger partial charge >= 0.3 is 0 Å². The lowest BCUT2D eigenvalue weighted by molar-refractivity contribution is -0.114. The number of aromatic nitrogens is 2. The summed E-state index contributed by atoms with van der Waals surface area (Å²) in [5.41, 5.74) is 2.20. The number of pyridine rings is 2. The van der Waals surface area contributed by atoms with Gasteiger partial charge in [-0.25, -0.2) is 4.98 Å². The minimum Gasteiger partial charge on any atom is -0.348 e. The topological polar surface area (TPSA) is 62.9 Å². The number of hydrogen-bond donors (Lipinski definition) is 0. The molecule has 6 heteroatoms. The van der Waals surface area contributed by atoms with Crippen molar-refractivity contribution in [3.8, 4) is 0 Å². The van der Waals surface area contributed by atoms with Crippen LogP contribution in [0.4, 0.5) is 5.82 Å². The second kappa shape index (κ2) is 6.99. The van der Waals surface area contributed by atoms with Gasteiger partial charge in [0.2, 0.25) is 0 Å². The predicted octanol–water partition coefficient (Wildman–Crippen LogP) is 3.26. The molecule has 0 bridgehead atoms.